The second-order valence-corrected chi connectivity index (χ2v) is 8.10. The van der Waals surface area contributed by atoms with Crippen LogP contribution in [-0.4, -0.2) is 37.3 Å². The average Bonchev–Trinajstić information content (AvgIpc) is 2.40. The number of halogens is 6. The van der Waals surface area contributed by atoms with Crippen LogP contribution in [0.3, 0.4) is 0 Å². The summed E-state index contributed by atoms with van der Waals surface area (Å²) in [6.45, 7) is 0. The van der Waals surface area contributed by atoms with E-state index >= 15 is 0 Å². The molecule has 0 spiro atoms. The van der Waals surface area contributed by atoms with Crippen molar-refractivity contribution >= 4 is 107 Å². The maximum Gasteiger partial charge on any atom is 0.112 e. The molecular weight excluding hydrogens is 417 g/mol. The minimum Gasteiger partial charge on any atom is -0.177 e. The lowest BCUT2D eigenvalue weighted by atomic mass is 9.75. The van der Waals surface area contributed by atoms with E-state index in [0.717, 1.165) is 0 Å². The molecule has 0 saturated carbocycles. The predicted octanol–water partition coefficient (Wildman–Crippen LogP) is 5.02. The standard InChI is InChI=1S/C9H10Cl6S3/c10-4-5(11)7(13,1-16)9(15,3-18)8(14,2-17)6(4)12/h5,16-18H,1-3H2. The van der Waals surface area contributed by atoms with Gasteiger partial charge < -0.3 is 0 Å². The van der Waals surface area contributed by atoms with E-state index in [1.807, 2.05) is 0 Å². The number of allylic oxidation sites excluding steroid dienone is 2. The van der Waals surface area contributed by atoms with Crippen LogP contribution < -0.4 is 0 Å². The molecule has 1 aliphatic rings. The quantitative estimate of drug-likeness (QED) is 0.409. The molecule has 0 saturated heterocycles. The maximum atomic E-state index is 6.63. The van der Waals surface area contributed by atoms with E-state index in [2.05, 4.69) is 37.9 Å². The van der Waals surface area contributed by atoms with Gasteiger partial charge in [-0.25, -0.2) is 0 Å². The monoisotopic (exact) mass is 424 g/mol. The minimum absolute atomic E-state index is 0.138. The van der Waals surface area contributed by atoms with Gasteiger partial charge in [0.1, 0.15) is 4.87 Å². The van der Waals surface area contributed by atoms with Crippen LogP contribution in [0.5, 0.6) is 0 Å². The molecule has 1 aliphatic carbocycles. The Bertz CT molecular complexity index is 377. The van der Waals surface area contributed by atoms with Crippen molar-refractivity contribution in [1.29, 1.82) is 0 Å². The van der Waals surface area contributed by atoms with Crippen LogP contribution in [0, 0.1) is 0 Å². The zero-order chi connectivity index (χ0) is 14.4. The molecule has 1 rings (SSSR count). The zero-order valence-corrected chi connectivity index (χ0v) is 16.0. The van der Waals surface area contributed by atoms with Gasteiger partial charge in [-0.05, 0) is 0 Å². The van der Waals surface area contributed by atoms with E-state index in [-0.39, 0.29) is 27.3 Å². The molecule has 4 unspecified atom stereocenters. The fourth-order valence-electron chi connectivity index (χ4n) is 1.86. The summed E-state index contributed by atoms with van der Waals surface area (Å²) in [4.78, 5) is -3.69. The Morgan fingerprint density at radius 2 is 1.44 bits per heavy atom. The van der Waals surface area contributed by atoms with Crippen molar-refractivity contribution in [3.8, 4) is 0 Å². The van der Waals surface area contributed by atoms with Gasteiger partial charge in [0.05, 0.1) is 25.2 Å². The zero-order valence-electron chi connectivity index (χ0n) is 8.81. The first-order valence-corrected chi connectivity index (χ1v) is 8.97. The van der Waals surface area contributed by atoms with Crippen LogP contribution in [0.4, 0.5) is 0 Å². The van der Waals surface area contributed by atoms with E-state index < -0.39 is 20.0 Å². The highest BCUT2D eigenvalue weighted by Gasteiger charge is 2.67. The summed E-state index contributed by atoms with van der Waals surface area (Å²) in [6, 6.07) is 0. The first-order valence-electron chi connectivity index (χ1n) is 4.75. The molecule has 18 heavy (non-hydrogen) atoms. The highest BCUT2D eigenvalue weighted by Crippen LogP contribution is 2.61. The van der Waals surface area contributed by atoms with Crippen molar-refractivity contribution < 1.29 is 0 Å². The van der Waals surface area contributed by atoms with Crippen molar-refractivity contribution in [3.05, 3.63) is 10.1 Å². The molecule has 0 aromatic carbocycles. The van der Waals surface area contributed by atoms with E-state index in [1.54, 1.807) is 0 Å². The average molecular weight is 427 g/mol. The largest absolute Gasteiger partial charge is 0.177 e. The fourth-order valence-corrected chi connectivity index (χ4v) is 6.25. The van der Waals surface area contributed by atoms with Crippen molar-refractivity contribution in [2.24, 2.45) is 0 Å². The van der Waals surface area contributed by atoms with Crippen molar-refractivity contribution in [1.82, 2.24) is 0 Å². The van der Waals surface area contributed by atoms with Crippen LogP contribution in [0.1, 0.15) is 0 Å². The summed E-state index contributed by atoms with van der Waals surface area (Å²) >= 11 is 51.0. The molecule has 0 N–H and O–H groups in total. The number of rotatable bonds is 3. The van der Waals surface area contributed by atoms with Crippen molar-refractivity contribution in [2.45, 2.75) is 20.0 Å². The summed E-state index contributed by atoms with van der Waals surface area (Å²) < 4.78 is 0. The second kappa shape index (κ2) is 6.34. The highest BCUT2D eigenvalue weighted by atomic mass is 35.5. The van der Waals surface area contributed by atoms with Crippen LogP contribution in [0.25, 0.3) is 0 Å². The molecule has 0 amide bonds. The van der Waals surface area contributed by atoms with E-state index in [0.29, 0.717) is 0 Å². The number of hydrogen-bond donors (Lipinski definition) is 3. The Labute approximate surface area is 153 Å². The molecule has 0 fully saturated rings. The molecule has 0 aromatic rings. The molecule has 0 radical (unpaired) electrons. The molecule has 0 bridgehead atoms. The number of hydrogen-bond acceptors (Lipinski definition) is 3. The van der Waals surface area contributed by atoms with Gasteiger partial charge in [-0.2, -0.15) is 37.9 Å². The third kappa shape index (κ3) is 2.32. The van der Waals surface area contributed by atoms with Gasteiger partial charge in [0.15, 0.2) is 0 Å². The second-order valence-electron chi connectivity index (χ2n) is 3.96. The molecule has 0 heterocycles. The first-order chi connectivity index (χ1) is 8.16. The van der Waals surface area contributed by atoms with Gasteiger partial charge in [-0.3, -0.25) is 0 Å². The Morgan fingerprint density at radius 3 is 1.78 bits per heavy atom. The molecule has 0 aliphatic heterocycles. The predicted molar refractivity (Wildman–Crippen MR) is 95.7 cm³/mol. The molecular formula is C9H10Cl6S3. The Hall–Kier alpha value is 2.53. The molecule has 0 aromatic heterocycles. The van der Waals surface area contributed by atoms with Crippen LogP contribution in [0.2, 0.25) is 0 Å². The summed E-state index contributed by atoms with van der Waals surface area (Å²) in [7, 11) is 0. The third-order valence-corrected chi connectivity index (χ3v) is 9.39. The molecule has 4 atom stereocenters. The van der Waals surface area contributed by atoms with Gasteiger partial charge in [-0.1, -0.05) is 23.2 Å². The fraction of sp³-hybridized carbons (Fsp3) is 0.778. The Morgan fingerprint density at radius 1 is 0.944 bits per heavy atom. The molecule has 106 valence electrons. The van der Waals surface area contributed by atoms with E-state index in [1.165, 1.54) is 0 Å². The highest BCUT2D eigenvalue weighted by molar-refractivity contribution is 7.81. The normalized spacial score (nSPS) is 45.5. The van der Waals surface area contributed by atoms with Gasteiger partial charge in [-0.15, -0.1) is 46.4 Å². The van der Waals surface area contributed by atoms with E-state index in [9.17, 15) is 0 Å². The topological polar surface area (TPSA) is 0 Å². The minimum atomic E-state index is -1.26. The van der Waals surface area contributed by atoms with Gasteiger partial charge >= 0.3 is 0 Å². The van der Waals surface area contributed by atoms with Crippen LogP contribution in [0.15, 0.2) is 10.1 Å². The lowest BCUT2D eigenvalue weighted by molar-refractivity contribution is 0.400. The smallest absolute Gasteiger partial charge is 0.112 e. The third-order valence-electron chi connectivity index (χ3n) is 3.13. The lowest BCUT2D eigenvalue weighted by Gasteiger charge is -2.55. The molecule has 0 nitrogen and oxygen atoms in total. The first kappa shape index (κ1) is 18.6. The number of alkyl halides is 4. The summed E-state index contributed by atoms with van der Waals surface area (Å²) in [5.74, 6) is 0.446. The Kier molecular flexibility index (Phi) is 6.54. The SMILES string of the molecule is SCC1(Cl)C(Cl)=C(Cl)C(Cl)C(Cl)(CS)C1(Cl)CS. The summed E-state index contributed by atoms with van der Waals surface area (Å²) in [6.07, 6.45) is 0. The van der Waals surface area contributed by atoms with Crippen molar-refractivity contribution in [2.75, 3.05) is 17.3 Å². The van der Waals surface area contributed by atoms with Crippen LogP contribution >= 0.6 is 107 Å². The van der Waals surface area contributed by atoms with Crippen LogP contribution in [-0.2, 0) is 0 Å². The summed E-state index contributed by atoms with van der Waals surface area (Å²) in [5, 5.41) is -0.477. The molecule has 9 heteroatoms. The Balaban J connectivity index is 3.62. The van der Waals surface area contributed by atoms with Gasteiger partial charge in [0.25, 0.3) is 0 Å². The van der Waals surface area contributed by atoms with Gasteiger partial charge in [0, 0.05) is 17.3 Å². The maximum absolute atomic E-state index is 6.63. The lowest BCUT2D eigenvalue weighted by Crippen LogP contribution is -2.69. The number of thiol groups is 3. The van der Waals surface area contributed by atoms with Crippen molar-refractivity contribution in [3.63, 3.8) is 0 Å². The van der Waals surface area contributed by atoms with E-state index in [4.69, 9.17) is 69.6 Å². The summed E-state index contributed by atoms with van der Waals surface area (Å²) in [5.41, 5.74) is 0. The van der Waals surface area contributed by atoms with Gasteiger partial charge in [0.2, 0.25) is 0 Å².